The van der Waals surface area contributed by atoms with Gasteiger partial charge in [-0.25, -0.2) is 9.66 Å². The molecule has 0 aliphatic rings. The summed E-state index contributed by atoms with van der Waals surface area (Å²) in [6, 6.07) is 8.31. The lowest BCUT2D eigenvalue weighted by molar-refractivity contribution is 0.590. The summed E-state index contributed by atoms with van der Waals surface area (Å²) in [4.78, 5) is 4.19. The molecule has 4 N–H and O–H groups in total. The van der Waals surface area contributed by atoms with E-state index in [1.54, 1.807) is 6.20 Å². The molecule has 17 heavy (non-hydrogen) atoms. The van der Waals surface area contributed by atoms with Crippen molar-refractivity contribution < 1.29 is 0 Å². The molecular weight excluding hydrogens is 212 g/mol. The Bertz CT molecular complexity index is 498. The van der Waals surface area contributed by atoms with E-state index in [9.17, 15) is 0 Å². The van der Waals surface area contributed by atoms with Crippen LogP contribution in [0, 0.1) is 0 Å². The standard InChI is InChI=1S/C13H18N4/c1-13(2,3)10-6-4-9(5-7-10)11-8-17(15)12(14)16-11/h4-8H,15H2,1-3H3,(H2,14,16). The molecule has 0 bridgehead atoms. The minimum atomic E-state index is 0.158. The third-order valence-corrected chi connectivity index (χ3v) is 2.81. The molecule has 0 aliphatic heterocycles. The molecule has 2 rings (SSSR count). The molecular formula is C13H18N4. The molecule has 2 aromatic rings. The van der Waals surface area contributed by atoms with E-state index in [0.29, 0.717) is 5.95 Å². The zero-order valence-electron chi connectivity index (χ0n) is 10.4. The van der Waals surface area contributed by atoms with Gasteiger partial charge in [-0.15, -0.1) is 0 Å². The average Bonchev–Trinajstić information content (AvgIpc) is 2.58. The summed E-state index contributed by atoms with van der Waals surface area (Å²) >= 11 is 0. The van der Waals surface area contributed by atoms with E-state index in [4.69, 9.17) is 11.6 Å². The largest absolute Gasteiger partial charge is 0.368 e. The first-order valence-electron chi connectivity index (χ1n) is 5.59. The van der Waals surface area contributed by atoms with Crippen molar-refractivity contribution in [2.45, 2.75) is 26.2 Å². The van der Waals surface area contributed by atoms with Crippen molar-refractivity contribution >= 4 is 5.95 Å². The highest BCUT2D eigenvalue weighted by molar-refractivity contribution is 5.61. The van der Waals surface area contributed by atoms with E-state index in [-0.39, 0.29) is 5.41 Å². The molecule has 1 aromatic carbocycles. The van der Waals surface area contributed by atoms with Crippen molar-refractivity contribution in [2.24, 2.45) is 0 Å². The fourth-order valence-corrected chi connectivity index (χ4v) is 1.69. The number of rotatable bonds is 1. The summed E-state index contributed by atoms with van der Waals surface area (Å²) < 4.78 is 1.33. The molecule has 0 spiro atoms. The number of aromatic nitrogens is 2. The van der Waals surface area contributed by atoms with Crippen LogP contribution in [0.5, 0.6) is 0 Å². The quantitative estimate of drug-likeness (QED) is 0.737. The molecule has 0 amide bonds. The van der Waals surface area contributed by atoms with Gasteiger partial charge in [0.1, 0.15) is 0 Å². The molecule has 0 fully saturated rings. The number of nitrogens with zero attached hydrogens (tertiary/aromatic N) is 2. The fourth-order valence-electron chi connectivity index (χ4n) is 1.69. The molecule has 0 atom stereocenters. The van der Waals surface area contributed by atoms with E-state index < -0.39 is 0 Å². The maximum Gasteiger partial charge on any atom is 0.219 e. The number of nitrogen functional groups attached to an aromatic ring is 2. The van der Waals surface area contributed by atoms with Crippen molar-refractivity contribution in [1.82, 2.24) is 9.66 Å². The van der Waals surface area contributed by atoms with Crippen LogP contribution in [0.4, 0.5) is 5.95 Å². The van der Waals surface area contributed by atoms with Crippen LogP contribution in [0.25, 0.3) is 11.3 Å². The molecule has 0 unspecified atom stereocenters. The monoisotopic (exact) mass is 230 g/mol. The normalized spacial score (nSPS) is 11.7. The second-order valence-electron chi connectivity index (χ2n) is 5.22. The van der Waals surface area contributed by atoms with Gasteiger partial charge in [-0.3, -0.25) is 0 Å². The van der Waals surface area contributed by atoms with Crippen molar-refractivity contribution in [3.63, 3.8) is 0 Å². The number of hydrogen-bond donors (Lipinski definition) is 2. The molecule has 0 radical (unpaired) electrons. The highest BCUT2D eigenvalue weighted by atomic mass is 15.3. The van der Waals surface area contributed by atoms with Crippen LogP contribution in [-0.4, -0.2) is 9.66 Å². The van der Waals surface area contributed by atoms with Gasteiger partial charge in [-0.2, -0.15) is 0 Å². The summed E-state index contributed by atoms with van der Waals surface area (Å²) in [5, 5.41) is 0. The fraction of sp³-hybridized carbons (Fsp3) is 0.308. The molecule has 90 valence electrons. The number of nitrogens with two attached hydrogens (primary N) is 2. The summed E-state index contributed by atoms with van der Waals surface area (Å²) in [5.41, 5.74) is 8.87. The predicted octanol–water partition coefficient (Wildman–Crippen LogP) is 2.14. The lowest BCUT2D eigenvalue weighted by Crippen LogP contribution is -2.10. The van der Waals surface area contributed by atoms with Crippen LogP contribution < -0.4 is 11.6 Å². The number of benzene rings is 1. The van der Waals surface area contributed by atoms with E-state index in [2.05, 4.69) is 37.9 Å². The Balaban J connectivity index is 2.36. The summed E-state index contributed by atoms with van der Waals surface area (Å²) in [6.45, 7) is 6.57. The van der Waals surface area contributed by atoms with Crippen molar-refractivity contribution in [2.75, 3.05) is 11.6 Å². The summed E-state index contributed by atoms with van der Waals surface area (Å²) in [6.07, 6.45) is 1.72. The smallest absolute Gasteiger partial charge is 0.219 e. The molecule has 0 saturated carbocycles. The van der Waals surface area contributed by atoms with Gasteiger partial charge in [0.2, 0.25) is 5.95 Å². The Labute approximate surface area is 101 Å². The van der Waals surface area contributed by atoms with Gasteiger partial charge in [-0.05, 0) is 11.0 Å². The summed E-state index contributed by atoms with van der Waals surface area (Å²) in [7, 11) is 0. The van der Waals surface area contributed by atoms with Gasteiger partial charge in [0.25, 0.3) is 0 Å². The molecule has 1 aromatic heterocycles. The minimum absolute atomic E-state index is 0.158. The first-order valence-corrected chi connectivity index (χ1v) is 5.59. The van der Waals surface area contributed by atoms with E-state index in [1.165, 1.54) is 10.2 Å². The van der Waals surface area contributed by atoms with Gasteiger partial charge >= 0.3 is 0 Å². The number of hydrogen-bond acceptors (Lipinski definition) is 3. The van der Waals surface area contributed by atoms with E-state index in [1.807, 2.05) is 12.1 Å². The van der Waals surface area contributed by atoms with Gasteiger partial charge in [-0.1, -0.05) is 45.0 Å². The second kappa shape index (κ2) is 3.80. The minimum Gasteiger partial charge on any atom is -0.368 e. The SMILES string of the molecule is CC(C)(C)c1ccc(-c2cn(N)c(N)n2)cc1. The zero-order chi connectivity index (χ0) is 12.6. The van der Waals surface area contributed by atoms with Gasteiger partial charge < -0.3 is 11.6 Å². The third kappa shape index (κ3) is 2.25. The van der Waals surface area contributed by atoms with E-state index >= 15 is 0 Å². The lowest BCUT2D eigenvalue weighted by Gasteiger charge is -2.18. The third-order valence-electron chi connectivity index (χ3n) is 2.81. The molecule has 0 saturated heterocycles. The van der Waals surface area contributed by atoms with Gasteiger partial charge in [0, 0.05) is 5.56 Å². The maximum absolute atomic E-state index is 5.61. The van der Waals surface area contributed by atoms with Crippen LogP contribution >= 0.6 is 0 Å². The lowest BCUT2D eigenvalue weighted by atomic mass is 9.86. The Hall–Kier alpha value is -1.97. The Morgan fingerprint density at radius 1 is 1.12 bits per heavy atom. The zero-order valence-corrected chi connectivity index (χ0v) is 10.4. The van der Waals surface area contributed by atoms with Crippen LogP contribution in [-0.2, 0) is 5.41 Å². The van der Waals surface area contributed by atoms with Crippen LogP contribution in [0.15, 0.2) is 30.5 Å². The first-order chi connectivity index (χ1) is 7.88. The Morgan fingerprint density at radius 2 is 1.71 bits per heavy atom. The molecule has 0 aliphatic carbocycles. The van der Waals surface area contributed by atoms with Gasteiger partial charge in [0.05, 0.1) is 11.9 Å². The number of anilines is 1. The van der Waals surface area contributed by atoms with Crippen LogP contribution in [0.1, 0.15) is 26.3 Å². The van der Waals surface area contributed by atoms with Crippen molar-refractivity contribution in [1.29, 1.82) is 0 Å². The number of imidazole rings is 1. The molecule has 4 nitrogen and oxygen atoms in total. The highest BCUT2D eigenvalue weighted by Gasteiger charge is 2.13. The predicted molar refractivity (Wildman–Crippen MR) is 70.9 cm³/mol. The first kappa shape index (κ1) is 11.5. The van der Waals surface area contributed by atoms with Crippen LogP contribution in [0.3, 0.4) is 0 Å². The maximum atomic E-state index is 5.61. The molecule has 4 heteroatoms. The highest BCUT2D eigenvalue weighted by Crippen LogP contribution is 2.25. The van der Waals surface area contributed by atoms with Crippen LogP contribution in [0.2, 0.25) is 0 Å². The van der Waals surface area contributed by atoms with E-state index in [0.717, 1.165) is 11.3 Å². The summed E-state index contributed by atoms with van der Waals surface area (Å²) in [5.74, 6) is 5.93. The van der Waals surface area contributed by atoms with Crippen molar-refractivity contribution in [3.05, 3.63) is 36.0 Å². The van der Waals surface area contributed by atoms with Gasteiger partial charge in [0.15, 0.2) is 0 Å². The topological polar surface area (TPSA) is 69.9 Å². The van der Waals surface area contributed by atoms with Crippen molar-refractivity contribution in [3.8, 4) is 11.3 Å². The average molecular weight is 230 g/mol. The Kier molecular flexibility index (Phi) is 2.58. The molecule has 1 heterocycles. The second-order valence-corrected chi connectivity index (χ2v) is 5.22. The Morgan fingerprint density at radius 3 is 2.12 bits per heavy atom.